The lowest BCUT2D eigenvalue weighted by molar-refractivity contribution is 0.0601. The van der Waals surface area contributed by atoms with Gasteiger partial charge in [0.15, 0.2) is 0 Å². The van der Waals surface area contributed by atoms with Gasteiger partial charge in [-0.2, -0.15) is 0 Å². The molecule has 1 rings (SSSR count). The fraction of sp³-hybridized carbons (Fsp3) is 0.125. The predicted molar refractivity (Wildman–Crippen MR) is 46.5 cm³/mol. The smallest absolute Gasteiger partial charge is 0.337 e. The summed E-state index contributed by atoms with van der Waals surface area (Å²) in [5, 5.41) is 6.69. The van der Waals surface area contributed by atoms with E-state index in [1.165, 1.54) is 7.11 Å². The van der Waals surface area contributed by atoms with Crippen LogP contribution in [0.4, 0.5) is 5.69 Å². The quantitative estimate of drug-likeness (QED) is 0.323. The van der Waals surface area contributed by atoms with Gasteiger partial charge in [-0.05, 0) is 24.3 Å². The van der Waals surface area contributed by atoms with E-state index in [0.29, 0.717) is 11.3 Å². The van der Waals surface area contributed by atoms with Gasteiger partial charge in [0.1, 0.15) is 0 Å². The van der Waals surface area contributed by atoms with Gasteiger partial charge >= 0.3 is 5.97 Å². The van der Waals surface area contributed by atoms with Crippen LogP contribution in [0.1, 0.15) is 10.4 Å². The zero-order valence-electron chi connectivity index (χ0n) is 7.10. The molecule has 0 atom stereocenters. The van der Waals surface area contributed by atoms with Crippen molar-refractivity contribution in [1.82, 2.24) is 0 Å². The molecule has 0 saturated heterocycles. The molecule has 0 heterocycles. The van der Waals surface area contributed by atoms with Crippen molar-refractivity contribution < 1.29 is 9.53 Å². The van der Waals surface area contributed by atoms with Gasteiger partial charge in [-0.25, -0.2) is 4.79 Å². The Labute approximate surface area is 75.2 Å². The highest BCUT2D eigenvalue weighted by atomic mass is 16.5. The van der Waals surface area contributed by atoms with Gasteiger partial charge in [-0.15, -0.1) is 5.11 Å². The van der Waals surface area contributed by atoms with Crippen molar-refractivity contribution in [3.63, 3.8) is 0 Å². The van der Waals surface area contributed by atoms with Crippen LogP contribution < -0.4 is 5.84 Å². The fourth-order valence-electron chi connectivity index (χ4n) is 0.849. The first-order chi connectivity index (χ1) is 6.27. The summed E-state index contributed by atoms with van der Waals surface area (Å²) in [6.07, 6.45) is 0. The summed E-state index contributed by atoms with van der Waals surface area (Å²) < 4.78 is 4.52. The first kappa shape index (κ1) is 9.18. The lowest BCUT2D eigenvalue weighted by atomic mass is 10.2. The fourth-order valence-corrected chi connectivity index (χ4v) is 0.849. The third-order valence-electron chi connectivity index (χ3n) is 1.46. The zero-order chi connectivity index (χ0) is 9.68. The standard InChI is InChI=1S/C8H9N3O2/c1-13-8(12)6-2-4-7(5-3-6)10-11-9/h2-5H,1H3,(H2,9,10). The molecule has 0 saturated carbocycles. The Hall–Kier alpha value is -1.91. The molecular weight excluding hydrogens is 170 g/mol. The molecule has 0 aliphatic rings. The zero-order valence-corrected chi connectivity index (χ0v) is 7.10. The SMILES string of the molecule is COC(=O)c1ccc(N=NN)cc1. The highest BCUT2D eigenvalue weighted by Gasteiger charge is 2.03. The van der Waals surface area contributed by atoms with E-state index in [1.54, 1.807) is 24.3 Å². The number of benzene rings is 1. The molecule has 68 valence electrons. The van der Waals surface area contributed by atoms with E-state index in [0.717, 1.165) is 0 Å². The van der Waals surface area contributed by atoms with Crippen LogP contribution in [0.2, 0.25) is 0 Å². The van der Waals surface area contributed by atoms with Crippen molar-refractivity contribution in [2.24, 2.45) is 16.2 Å². The average Bonchev–Trinajstić information content (AvgIpc) is 2.18. The van der Waals surface area contributed by atoms with E-state index in [1.807, 2.05) is 0 Å². The van der Waals surface area contributed by atoms with E-state index < -0.39 is 0 Å². The third kappa shape index (κ3) is 2.26. The van der Waals surface area contributed by atoms with Crippen molar-refractivity contribution in [3.05, 3.63) is 29.8 Å². The number of carbonyl (C=O) groups excluding carboxylic acids is 1. The van der Waals surface area contributed by atoms with Crippen LogP contribution in [0.5, 0.6) is 0 Å². The molecule has 0 unspecified atom stereocenters. The van der Waals surface area contributed by atoms with Gasteiger partial charge < -0.3 is 10.6 Å². The predicted octanol–water partition coefficient (Wildman–Crippen LogP) is 1.43. The summed E-state index contributed by atoms with van der Waals surface area (Å²) >= 11 is 0. The van der Waals surface area contributed by atoms with Crippen molar-refractivity contribution in [2.45, 2.75) is 0 Å². The number of methoxy groups -OCH3 is 1. The summed E-state index contributed by atoms with van der Waals surface area (Å²) in [5.74, 6) is 4.47. The highest BCUT2D eigenvalue weighted by molar-refractivity contribution is 5.89. The van der Waals surface area contributed by atoms with Crippen LogP contribution in [-0.2, 0) is 4.74 Å². The second-order valence-electron chi connectivity index (χ2n) is 2.25. The summed E-state index contributed by atoms with van der Waals surface area (Å²) in [6, 6.07) is 6.44. The second-order valence-corrected chi connectivity index (χ2v) is 2.25. The molecule has 0 aliphatic carbocycles. The van der Waals surface area contributed by atoms with Crippen LogP contribution >= 0.6 is 0 Å². The molecular formula is C8H9N3O2. The number of rotatable bonds is 2. The van der Waals surface area contributed by atoms with Crippen molar-refractivity contribution in [1.29, 1.82) is 0 Å². The Balaban J connectivity index is 2.87. The first-order valence-corrected chi connectivity index (χ1v) is 3.57. The lowest BCUT2D eigenvalue weighted by Gasteiger charge is -1.97. The van der Waals surface area contributed by atoms with Crippen molar-refractivity contribution in [2.75, 3.05) is 7.11 Å². The maximum absolute atomic E-state index is 11.0. The maximum atomic E-state index is 11.0. The molecule has 0 spiro atoms. The van der Waals surface area contributed by atoms with E-state index in [4.69, 9.17) is 5.84 Å². The van der Waals surface area contributed by atoms with Gasteiger partial charge in [0.25, 0.3) is 0 Å². The Morgan fingerprint density at radius 2 is 2.00 bits per heavy atom. The molecule has 5 heteroatoms. The average molecular weight is 179 g/mol. The number of hydrogen-bond donors (Lipinski definition) is 1. The minimum absolute atomic E-state index is 0.378. The van der Waals surface area contributed by atoms with E-state index in [9.17, 15) is 4.79 Å². The minimum Gasteiger partial charge on any atom is -0.465 e. The van der Waals surface area contributed by atoms with E-state index in [-0.39, 0.29) is 5.97 Å². The molecule has 0 amide bonds. The molecule has 1 aromatic rings. The van der Waals surface area contributed by atoms with Crippen molar-refractivity contribution >= 4 is 11.7 Å². The largest absolute Gasteiger partial charge is 0.465 e. The molecule has 0 aliphatic heterocycles. The highest BCUT2D eigenvalue weighted by Crippen LogP contribution is 2.13. The monoisotopic (exact) mass is 179 g/mol. The van der Waals surface area contributed by atoms with Gasteiger partial charge in [-0.1, -0.05) is 5.22 Å². The van der Waals surface area contributed by atoms with Gasteiger partial charge in [0, 0.05) is 0 Å². The Kier molecular flexibility index (Phi) is 2.97. The molecule has 0 fully saturated rings. The van der Waals surface area contributed by atoms with Crippen LogP contribution in [-0.4, -0.2) is 13.1 Å². The number of esters is 1. The molecule has 1 aromatic carbocycles. The normalized spacial score (nSPS) is 10.2. The van der Waals surface area contributed by atoms with E-state index in [2.05, 4.69) is 15.1 Å². The summed E-state index contributed by atoms with van der Waals surface area (Å²) in [5.41, 5.74) is 1.06. The van der Waals surface area contributed by atoms with Crippen LogP contribution in [0, 0.1) is 0 Å². The van der Waals surface area contributed by atoms with Crippen LogP contribution in [0.25, 0.3) is 0 Å². The molecule has 13 heavy (non-hydrogen) atoms. The minimum atomic E-state index is -0.378. The Morgan fingerprint density at radius 1 is 1.38 bits per heavy atom. The molecule has 0 radical (unpaired) electrons. The first-order valence-electron chi connectivity index (χ1n) is 3.57. The summed E-state index contributed by atoms with van der Waals surface area (Å²) in [4.78, 5) is 11.0. The van der Waals surface area contributed by atoms with Gasteiger partial charge in [0.2, 0.25) is 0 Å². The molecule has 0 aromatic heterocycles. The summed E-state index contributed by atoms with van der Waals surface area (Å²) in [6.45, 7) is 0. The van der Waals surface area contributed by atoms with Crippen LogP contribution in [0.15, 0.2) is 34.6 Å². The lowest BCUT2D eigenvalue weighted by Crippen LogP contribution is -1.99. The van der Waals surface area contributed by atoms with E-state index >= 15 is 0 Å². The third-order valence-corrected chi connectivity index (χ3v) is 1.46. The van der Waals surface area contributed by atoms with Crippen LogP contribution in [0.3, 0.4) is 0 Å². The number of nitrogens with zero attached hydrogens (tertiary/aromatic N) is 2. The number of hydrogen-bond acceptors (Lipinski definition) is 4. The Bertz CT molecular complexity index is 319. The Morgan fingerprint density at radius 3 is 2.46 bits per heavy atom. The number of carbonyl (C=O) groups is 1. The van der Waals surface area contributed by atoms with Gasteiger partial charge in [-0.3, -0.25) is 0 Å². The molecule has 5 nitrogen and oxygen atoms in total. The second kappa shape index (κ2) is 4.20. The number of ether oxygens (including phenoxy) is 1. The topological polar surface area (TPSA) is 77.0 Å². The molecule has 2 N–H and O–H groups in total. The number of nitrogens with two attached hydrogens (primary N) is 1. The molecule has 0 bridgehead atoms. The van der Waals surface area contributed by atoms with Crippen molar-refractivity contribution in [3.8, 4) is 0 Å². The maximum Gasteiger partial charge on any atom is 0.337 e. The summed E-state index contributed by atoms with van der Waals surface area (Å²) in [7, 11) is 1.33. The van der Waals surface area contributed by atoms with Gasteiger partial charge in [0.05, 0.1) is 18.4 Å².